The van der Waals surface area contributed by atoms with Gasteiger partial charge in [-0.3, -0.25) is 9.97 Å². The van der Waals surface area contributed by atoms with Crippen LogP contribution in [0.2, 0.25) is 0 Å². The molecule has 1 aromatic carbocycles. The highest BCUT2D eigenvalue weighted by Gasteiger charge is 2.08. The molecule has 1 heterocycles. The van der Waals surface area contributed by atoms with Gasteiger partial charge in [0.15, 0.2) is 0 Å². The zero-order valence-electron chi connectivity index (χ0n) is 8.59. The summed E-state index contributed by atoms with van der Waals surface area (Å²) < 4.78 is 0. The fourth-order valence-electron chi connectivity index (χ4n) is 1.57. The molecule has 0 aliphatic heterocycles. The molecule has 0 aliphatic carbocycles. The maximum atomic E-state index is 5.90. The van der Waals surface area contributed by atoms with Gasteiger partial charge in [-0.25, -0.2) is 0 Å². The van der Waals surface area contributed by atoms with Crippen molar-refractivity contribution in [2.24, 2.45) is 5.73 Å². The van der Waals surface area contributed by atoms with Gasteiger partial charge >= 0.3 is 0 Å². The van der Waals surface area contributed by atoms with Gasteiger partial charge in [-0.2, -0.15) is 0 Å². The molecule has 0 saturated heterocycles. The van der Waals surface area contributed by atoms with Crippen LogP contribution in [0.25, 0.3) is 11.3 Å². The van der Waals surface area contributed by atoms with E-state index in [0.717, 1.165) is 16.8 Å². The lowest BCUT2D eigenvalue weighted by Crippen LogP contribution is -2.06. The van der Waals surface area contributed by atoms with Crippen LogP contribution in [0.15, 0.2) is 42.9 Å². The van der Waals surface area contributed by atoms with Crippen LogP contribution in [0.1, 0.15) is 18.5 Å². The van der Waals surface area contributed by atoms with Crippen molar-refractivity contribution in [1.82, 2.24) is 9.97 Å². The van der Waals surface area contributed by atoms with E-state index in [1.165, 1.54) is 0 Å². The van der Waals surface area contributed by atoms with Gasteiger partial charge in [-0.05, 0) is 12.5 Å². The Hall–Kier alpha value is -1.74. The number of aromatic nitrogens is 2. The lowest BCUT2D eigenvalue weighted by molar-refractivity contribution is 0.819. The highest BCUT2D eigenvalue weighted by atomic mass is 14.8. The van der Waals surface area contributed by atoms with Crippen molar-refractivity contribution >= 4 is 0 Å². The molecule has 3 nitrogen and oxygen atoms in total. The molecule has 0 aliphatic rings. The van der Waals surface area contributed by atoms with E-state index in [-0.39, 0.29) is 6.04 Å². The maximum absolute atomic E-state index is 5.90. The van der Waals surface area contributed by atoms with Crippen molar-refractivity contribution in [2.75, 3.05) is 0 Å². The van der Waals surface area contributed by atoms with Crippen LogP contribution in [-0.4, -0.2) is 9.97 Å². The van der Waals surface area contributed by atoms with E-state index < -0.39 is 0 Å². The lowest BCUT2D eigenvalue weighted by Gasteiger charge is -2.11. The molecule has 1 unspecified atom stereocenters. The Bertz CT molecular complexity index is 438. The first-order valence-corrected chi connectivity index (χ1v) is 4.90. The Morgan fingerprint density at radius 1 is 1.20 bits per heavy atom. The van der Waals surface area contributed by atoms with E-state index in [0.29, 0.717) is 0 Å². The SMILES string of the molecule is CC(N)c1ccccc1-c1cnccn1. The largest absolute Gasteiger partial charge is 0.324 e. The average molecular weight is 199 g/mol. The van der Waals surface area contributed by atoms with Crippen molar-refractivity contribution < 1.29 is 0 Å². The molecule has 0 radical (unpaired) electrons. The molecule has 0 fully saturated rings. The first-order chi connectivity index (χ1) is 7.29. The Morgan fingerprint density at radius 3 is 2.67 bits per heavy atom. The molecule has 0 spiro atoms. The first kappa shape index (κ1) is 9.80. The van der Waals surface area contributed by atoms with Crippen LogP contribution < -0.4 is 5.73 Å². The molecular formula is C12H13N3. The van der Waals surface area contributed by atoms with Crippen molar-refractivity contribution in [3.63, 3.8) is 0 Å². The molecule has 0 amide bonds. The van der Waals surface area contributed by atoms with Gasteiger partial charge in [0.2, 0.25) is 0 Å². The van der Waals surface area contributed by atoms with Gasteiger partial charge in [-0.15, -0.1) is 0 Å². The normalized spacial score (nSPS) is 12.4. The highest BCUT2D eigenvalue weighted by molar-refractivity contribution is 5.63. The molecule has 1 aromatic heterocycles. The summed E-state index contributed by atoms with van der Waals surface area (Å²) in [7, 11) is 0. The van der Waals surface area contributed by atoms with E-state index in [1.807, 2.05) is 31.2 Å². The van der Waals surface area contributed by atoms with E-state index in [2.05, 4.69) is 9.97 Å². The van der Waals surface area contributed by atoms with E-state index in [9.17, 15) is 0 Å². The summed E-state index contributed by atoms with van der Waals surface area (Å²) in [4.78, 5) is 8.33. The number of hydrogen-bond acceptors (Lipinski definition) is 3. The fourth-order valence-corrected chi connectivity index (χ4v) is 1.57. The van der Waals surface area contributed by atoms with E-state index >= 15 is 0 Å². The summed E-state index contributed by atoms with van der Waals surface area (Å²) in [5.74, 6) is 0. The van der Waals surface area contributed by atoms with Crippen molar-refractivity contribution in [3.8, 4) is 11.3 Å². The van der Waals surface area contributed by atoms with Gasteiger partial charge in [-0.1, -0.05) is 24.3 Å². The summed E-state index contributed by atoms with van der Waals surface area (Å²) in [5.41, 5.74) is 8.92. The minimum atomic E-state index is 0.00297. The molecule has 76 valence electrons. The number of nitrogens with zero attached hydrogens (tertiary/aromatic N) is 2. The van der Waals surface area contributed by atoms with Crippen molar-refractivity contribution in [2.45, 2.75) is 13.0 Å². The Morgan fingerprint density at radius 2 is 2.00 bits per heavy atom. The minimum Gasteiger partial charge on any atom is -0.324 e. The molecule has 1 atom stereocenters. The molecule has 2 N–H and O–H groups in total. The lowest BCUT2D eigenvalue weighted by atomic mass is 10.00. The molecule has 2 aromatic rings. The number of benzene rings is 1. The third-order valence-electron chi connectivity index (χ3n) is 2.29. The number of hydrogen-bond donors (Lipinski definition) is 1. The maximum Gasteiger partial charge on any atom is 0.0888 e. The first-order valence-electron chi connectivity index (χ1n) is 4.90. The second kappa shape index (κ2) is 4.19. The Balaban J connectivity index is 2.53. The summed E-state index contributed by atoms with van der Waals surface area (Å²) in [6.07, 6.45) is 5.10. The summed E-state index contributed by atoms with van der Waals surface area (Å²) in [6, 6.07) is 8.01. The quantitative estimate of drug-likeness (QED) is 0.806. The second-order valence-corrected chi connectivity index (χ2v) is 3.47. The highest BCUT2D eigenvalue weighted by Crippen LogP contribution is 2.24. The van der Waals surface area contributed by atoms with Gasteiger partial charge in [0.05, 0.1) is 11.9 Å². The van der Waals surface area contributed by atoms with Gasteiger partial charge in [0.1, 0.15) is 0 Å². The molecule has 15 heavy (non-hydrogen) atoms. The van der Waals surface area contributed by atoms with Gasteiger partial charge in [0, 0.05) is 24.0 Å². The summed E-state index contributed by atoms with van der Waals surface area (Å²) in [5, 5.41) is 0. The van der Waals surface area contributed by atoms with Crippen molar-refractivity contribution in [3.05, 3.63) is 48.4 Å². The molecule has 0 saturated carbocycles. The number of nitrogens with two attached hydrogens (primary N) is 1. The topological polar surface area (TPSA) is 51.8 Å². The molecule has 3 heteroatoms. The third kappa shape index (κ3) is 2.02. The van der Waals surface area contributed by atoms with Crippen LogP contribution in [0.5, 0.6) is 0 Å². The summed E-state index contributed by atoms with van der Waals surface area (Å²) in [6.45, 7) is 1.97. The van der Waals surface area contributed by atoms with Crippen LogP contribution in [0, 0.1) is 0 Å². The predicted molar refractivity (Wildman–Crippen MR) is 60.1 cm³/mol. The third-order valence-corrected chi connectivity index (χ3v) is 2.29. The van der Waals surface area contributed by atoms with Crippen LogP contribution >= 0.6 is 0 Å². The fraction of sp³-hybridized carbons (Fsp3) is 0.167. The molecule has 2 rings (SSSR count). The van der Waals surface area contributed by atoms with Gasteiger partial charge < -0.3 is 5.73 Å². The van der Waals surface area contributed by atoms with Crippen LogP contribution in [0.3, 0.4) is 0 Å². The van der Waals surface area contributed by atoms with Crippen LogP contribution in [0.4, 0.5) is 0 Å². The predicted octanol–water partition coefficient (Wildman–Crippen LogP) is 2.16. The smallest absolute Gasteiger partial charge is 0.0888 e. The Kier molecular flexibility index (Phi) is 2.74. The second-order valence-electron chi connectivity index (χ2n) is 3.47. The minimum absolute atomic E-state index is 0.00297. The number of rotatable bonds is 2. The summed E-state index contributed by atoms with van der Waals surface area (Å²) >= 11 is 0. The molecular weight excluding hydrogens is 186 g/mol. The van der Waals surface area contributed by atoms with Gasteiger partial charge in [0.25, 0.3) is 0 Å². The Labute approximate surface area is 89.0 Å². The molecule has 0 bridgehead atoms. The van der Waals surface area contributed by atoms with Crippen molar-refractivity contribution in [1.29, 1.82) is 0 Å². The van der Waals surface area contributed by atoms with E-state index in [4.69, 9.17) is 5.73 Å². The standard InChI is InChI=1S/C12H13N3/c1-9(13)10-4-2-3-5-11(10)12-8-14-6-7-15-12/h2-9H,13H2,1H3. The van der Waals surface area contributed by atoms with Crippen LogP contribution in [-0.2, 0) is 0 Å². The average Bonchev–Trinajstić information content (AvgIpc) is 2.30. The zero-order valence-corrected chi connectivity index (χ0v) is 8.59. The van der Waals surface area contributed by atoms with E-state index in [1.54, 1.807) is 18.6 Å². The zero-order chi connectivity index (χ0) is 10.7. The monoisotopic (exact) mass is 199 g/mol.